The lowest BCUT2D eigenvalue weighted by Crippen LogP contribution is -2.48. The first-order chi connectivity index (χ1) is 12.2. The van der Waals surface area contributed by atoms with Crippen LogP contribution in [0.3, 0.4) is 0 Å². The zero-order valence-corrected chi connectivity index (χ0v) is 18.7. The van der Waals surface area contributed by atoms with Crippen molar-refractivity contribution < 1.29 is 9.47 Å². The molecule has 1 aromatic rings. The summed E-state index contributed by atoms with van der Waals surface area (Å²) in [6.45, 7) is 6.18. The molecule has 0 aromatic heterocycles. The van der Waals surface area contributed by atoms with E-state index in [9.17, 15) is 0 Å². The zero-order valence-electron chi connectivity index (χ0n) is 16.4. The molecule has 1 aliphatic rings. The van der Waals surface area contributed by atoms with Crippen molar-refractivity contribution in [2.24, 2.45) is 4.99 Å². The normalized spacial score (nSPS) is 18.0. The highest BCUT2D eigenvalue weighted by atomic mass is 127. The fourth-order valence-corrected chi connectivity index (χ4v) is 3.32. The number of ether oxygens (including phenoxy) is 2. The standard InChI is InChI=1S/C19H32N4O2.HI/c1-5-23-11-7-6-8-16(23)14-22-19(20-2)21-13-15-9-10-17(24-3)18(12-15)25-4;/h9-10,12,16H,5-8,11,13-14H2,1-4H3,(H2,20,21,22);1H. The molecule has 6 nitrogen and oxygen atoms in total. The number of likely N-dealkylation sites (N-methyl/N-ethyl adjacent to an activating group) is 1. The van der Waals surface area contributed by atoms with Crippen LogP contribution >= 0.6 is 24.0 Å². The highest BCUT2D eigenvalue weighted by molar-refractivity contribution is 14.0. The second-order valence-corrected chi connectivity index (χ2v) is 6.27. The van der Waals surface area contributed by atoms with Gasteiger partial charge in [-0.3, -0.25) is 9.89 Å². The van der Waals surface area contributed by atoms with Crippen LogP contribution in [-0.4, -0.2) is 57.8 Å². The van der Waals surface area contributed by atoms with Crippen molar-refractivity contribution in [2.45, 2.75) is 38.8 Å². The Kier molecular flexibility index (Phi) is 10.7. The minimum Gasteiger partial charge on any atom is -0.493 e. The first-order valence-corrected chi connectivity index (χ1v) is 9.11. The number of methoxy groups -OCH3 is 2. The van der Waals surface area contributed by atoms with E-state index in [0.29, 0.717) is 12.6 Å². The van der Waals surface area contributed by atoms with E-state index in [1.807, 2.05) is 25.2 Å². The molecule has 2 N–H and O–H groups in total. The van der Waals surface area contributed by atoms with Gasteiger partial charge in [0.25, 0.3) is 0 Å². The molecule has 0 radical (unpaired) electrons. The molecular weight excluding hydrogens is 443 g/mol. The molecule has 1 atom stereocenters. The number of aliphatic imine (C=N–C) groups is 1. The number of hydrogen-bond donors (Lipinski definition) is 2. The van der Waals surface area contributed by atoms with Gasteiger partial charge in [-0.1, -0.05) is 19.4 Å². The van der Waals surface area contributed by atoms with Gasteiger partial charge in [0, 0.05) is 26.2 Å². The number of nitrogens with one attached hydrogen (secondary N) is 2. The average molecular weight is 476 g/mol. The average Bonchev–Trinajstić information content (AvgIpc) is 2.68. The summed E-state index contributed by atoms with van der Waals surface area (Å²) in [4.78, 5) is 6.89. The van der Waals surface area contributed by atoms with Gasteiger partial charge >= 0.3 is 0 Å². The Morgan fingerprint density at radius 1 is 1.19 bits per heavy atom. The topological polar surface area (TPSA) is 58.1 Å². The monoisotopic (exact) mass is 476 g/mol. The number of piperidine rings is 1. The van der Waals surface area contributed by atoms with E-state index >= 15 is 0 Å². The molecule has 2 rings (SSSR count). The number of guanidine groups is 1. The Morgan fingerprint density at radius 2 is 1.96 bits per heavy atom. The summed E-state index contributed by atoms with van der Waals surface area (Å²) in [5.41, 5.74) is 1.12. The van der Waals surface area contributed by atoms with Crippen LogP contribution in [-0.2, 0) is 6.54 Å². The maximum atomic E-state index is 5.36. The predicted molar refractivity (Wildman–Crippen MR) is 118 cm³/mol. The number of rotatable bonds is 7. The van der Waals surface area contributed by atoms with Gasteiger partial charge < -0.3 is 20.1 Å². The molecule has 1 aromatic carbocycles. The third kappa shape index (κ3) is 6.50. The summed E-state index contributed by atoms with van der Waals surface area (Å²) in [7, 11) is 5.11. The van der Waals surface area contributed by atoms with E-state index in [2.05, 4.69) is 27.4 Å². The largest absolute Gasteiger partial charge is 0.493 e. The molecule has 1 heterocycles. The van der Waals surface area contributed by atoms with E-state index < -0.39 is 0 Å². The summed E-state index contributed by atoms with van der Waals surface area (Å²) in [5, 5.41) is 6.84. The number of nitrogens with zero attached hydrogens (tertiary/aromatic N) is 2. The van der Waals surface area contributed by atoms with Gasteiger partial charge in [-0.25, -0.2) is 0 Å². The second-order valence-electron chi connectivity index (χ2n) is 6.27. The Bertz CT molecular complexity index is 568. The quantitative estimate of drug-likeness (QED) is 0.360. The van der Waals surface area contributed by atoms with Crippen molar-refractivity contribution in [3.05, 3.63) is 23.8 Å². The van der Waals surface area contributed by atoms with Crippen molar-refractivity contribution in [1.82, 2.24) is 15.5 Å². The van der Waals surface area contributed by atoms with Crippen molar-refractivity contribution in [3.63, 3.8) is 0 Å². The fourth-order valence-electron chi connectivity index (χ4n) is 3.32. The lowest BCUT2D eigenvalue weighted by molar-refractivity contribution is 0.157. The van der Waals surface area contributed by atoms with Gasteiger partial charge in [-0.15, -0.1) is 24.0 Å². The van der Waals surface area contributed by atoms with Crippen LogP contribution in [0.5, 0.6) is 11.5 Å². The van der Waals surface area contributed by atoms with E-state index in [-0.39, 0.29) is 24.0 Å². The predicted octanol–water partition coefficient (Wildman–Crippen LogP) is 2.86. The SMILES string of the molecule is CCN1CCCCC1CNC(=NC)NCc1ccc(OC)c(OC)c1.I. The van der Waals surface area contributed by atoms with Crippen LogP contribution in [0.1, 0.15) is 31.7 Å². The van der Waals surface area contributed by atoms with Crippen LogP contribution in [0.15, 0.2) is 23.2 Å². The molecule has 26 heavy (non-hydrogen) atoms. The Balaban J connectivity index is 0.00000338. The first-order valence-electron chi connectivity index (χ1n) is 9.11. The molecule has 148 valence electrons. The molecule has 0 bridgehead atoms. The van der Waals surface area contributed by atoms with Gasteiger partial charge in [0.2, 0.25) is 0 Å². The van der Waals surface area contributed by atoms with Gasteiger partial charge in [0.05, 0.1) is 14.2 Å². The zero-order chi connectivity index (χ0) is 18.1. The summed E-state index contributed by atoms with van der Waals surface area (Å²) in [6, 6.07) is 6.53. The number of hydrogen-bond acceptors (Lipinski definition) is 4. The third-order valence-electron chi connectivity index (χ3n) is 4.79. The fraction of sp³-hybridized carbons (Fsp3) is 0.632. The van der Waals surface area contributed by atoms with E-state index in [1.54, 1.807) is 14.2 Å². The van der Waals surface area contributed by atoms with Crippen molar-refractivity contribution >= 4 is 29.9 Å². The van der Waals surface area contributed by atoms with Crippen LogP contribution < -0.4 is 20.1 Å². The summed E-state index contributed by atoms with van der Waals surface area (Å²) >= 11 is 0. The van der Waals surface area contributed by atoms with Crippen LogP contribution in [0.2, 0.25) is 0 Å². The molecule has 0 amide bonds. The minimum absolute atomic E-state index is 0. The van der Waals surface area contributed by atoms with E-state index in [1.165, 1.54) is 25.8 Å². The molecule has 0 spiro atoms. The molecule has 1 saturated heterocycles. The summed E-state index contributed by atoms with van der Waals surface area (Å²) in [5.74, 6) is 2.31. The Labute approximate surface area is 174 Å². The number of likely N-dealkylation sites (tertiary alicyclic amines) is 1. The van der Waals surface area contributed by atoms with Gasteiger partial charge in [-0.2, -0.15) is 0 Å². The van der Waals surface area contributed by atoms with E-state index in [0.717, 1.165) is 36.1 Å². The van der Waals surface area contributed by atoms with Crippen LogP contribution in [0, 0.1) is 0 Å². The molecule has 1 unspecified atom stereocenters. The number of benzene rings is 1. The van der Waals surface area contributed by atoms with Crippen LogP contribution in [0.4, 0.5) is 0 Å². The first kappa shape index (κ1) is 22.8. The molecule has 7 heteroatoms. The molecule has 1 aliphatic heterocycles. The Hall–Kier alpha value is -1.22. The van der Waals surface area contributed by atoms with Gasteiger partial charge in [-0.05, 0) is 43.6 Å². The Morgan fingerprint density at radius 3 is 2.62 bits per heavy atom. The lowest BCUT2D eigenvalue weighted by Gasteiger charge is -2.35. The molecule has 0 aliphatic carbocycles. The summed E-state index contributed by atoms with van der Waals surface area (Å²) in [6.07, 6.45) is 3.89. The number of halogens is 1. The highest BCUT2D eigenvalue weighted by Crippen LogP contribution is 2.27. The van der Waals surface area contributed by atoms with Crippen molar-refractivity contribution in [1.29, 1.82) is 0 Å². The van der Waals surface area contributed by atoms with Crippen LogP contribution in [0.25, 0.3) is 0 Å². The smallest absolute Gasteiger partial charge is 0.191 e. The van der Waals surface area contributed by atoms with Crippen molar-refractivity contribution in [2.75, 3.05) is 40.9 Å². The molecule has 0 saturated carbocycles. The maximum Gasteiger partial charge on any atom is 0.191 e. The molecular formula is C19H33IN4O2. The van der Waals surface area contributed by atoms with Crippen molar-refractivity contribution in [3.8, 4) is 11.5 Å². The molecule has 1 fully saturated rings. The minimum atomic E-state index is 0. The highest BCUT2D eigenvalue weighted by Gasteiger charge is 2.20. The van der Waals surface area contributed by atoms with E-state index in [4.69, 9.17) is 9.47 Å². The van der Waals surface area contributed by atoms with Gasteiger partial charge in [0.1, 0.15) is 0 Å². The lowest BCUT2D eigenvalue weighted by atomic mass is 10.0. The van der Waals surface area contributed by atoms with Gasteiger partial charge in [0.15, 0.2) is 17.5 Å². The maximum absolute atomic E-state index is 5.36. The third-order valence-corrected chi connectivity index (χ3v) is 4.79. The second kappa shape index (κ2) is 12.2. The summed E-state index contributed by atoms with van der Waals surface area (Å²) < 4.78 is 10.6.